The van der Waals surface area contributed by atoms with Crippen molar-refractivity contribution in [3.8, 4) is 0 Å². The molecule has 1 aromatic rings. The van der Waals surface area contributed by atoms with E-state index in [0.29, 0.717) is 19.3 Å². The molecule has 1 aliphatic carbocycles. The van der Waals surface area contributed by atoms with Crippen LogP contribution in [0.2, 0.25) is 0 Å². The number of ketones is 1. The highest BCUT2D eigenvalue weighted by Crippen LogP contribution is 2.36. The number of benzene rings is 1. The maximum Gasteiger partial charge on any atom is 0.248 e. The lowest BCUT2D eigenvalue weighted by molar-refractivity contribution is -0.126. The molecule has 2 rings (SSSR count). The van der Waals surface area contributed by atoms with E-state index < -0.39 is 5.92 Å². The van der Waals surface area contributed by atoms with Crippen LogP contribution in [-0.4, -0.2) is 11.7 Å². The molecule has 18 heavy (non-hydrogen) atoms. The van der Waals surface area contributed by atoms with Crippen LogP contribution < -0.4 is 0 Å². The molecule has 1 fully saturated rings. The molecule has 1 nitrogen and oxygen atoms in total. The van der Waals surface area contributed by atoms with Gasteiger partial charge in [0.2, 0.25) is 5.92 Å². The Morgan fingerprint density at radius 1 is 1.22 bits per heavy atom. The molecule has 0 spiro atoms. The molecule has 0 heterocycles. The lowest BCUT2D eigenvalue weighted by Gasteiger charge is -2.27. The molecular formula is C15H18F2O. The van der Waals surface area contributed by atoms with Crippen LogP contribution in [0.1, 0.15) is 36.8 Å². The summed E-state index contributed by atoms with van der Waals surface area (Å²) < 4.78 is 26.0. The summed E-state index contributed by atoms with van der Waals surface area (Å²) in [5.41, 5.74) is 2.13. The van der Waals surface area contributed by atoms with Crippen LogP contribution in [0, 0.1) is 12.8 Å². The molecule has 0 aliphatic heterocycles. The Labute approximate surface area is 106 Å². The Morgan fingerprint density at radius 2 is 1.78 bits per heavy atom. The van der Waals surface area contributed by atoms with Crippen molar-refractivity contribution in [2.24, 2.45) is 5.92 Å². The van der Waals surface area contributed by atoms with Crippen molar-refractivity contribution < 1.29 is 13.6 Å². The molecular weight excluding hydrogens is 234 g/mol. The minimum absolute atomic E-state index is 0.106. The Bertz CT molecular complexity index is 413. The van der Waals surface area contributed by atoms with Gasteiger partial charge in [-0.2, -0.15) is 0 Å². The number of alkyl halides is 2. The van der Waals surface area contributed by atoms with Crippen LogP contribution in [0.15, 0.2) is 24.3 Å². The molecule has 1 aromatic carbocycles. The molecule has 0 atom stereocenters. The second-order valence-corrected chi connectivity index (χ2v) is 5.26. The second-order valence-electron chi connectivity index (χ2n) is 5.26. The van der Waals surface area contributed by atoms with Crippen molar-refractivity contribution in [1.29, 1.82) is 0 Å². The molecule has 0 aromatic heterocycles. The third-order valence-electron chi connectivity index (χ3n) is 3.67. The van der Waals surface area contributed by atoms with E-state index in [1.54, 1.807) is 0 Å². The van der Waals surface area contributed by atoms with Crippen molar-refractivity contribution in [1.82, 2.24) is 0 Å². The Morgan fingerprint density at radius 3 is 2.33 bits per heavy atom. The summed E-state index contributed by atoms with van der Waals surface area (Å²) in [6.45, 7) is 1.99. The van der Waals surface area contributed by atoms with Crippen LogP contribution in [0.3, 0.4) is 0 Å². The predicted octanol–water partition coefficient (Wildman–Crippen LogP) is 3.93. The monoisotopic (exact) mass is 252 g/mol. The van der Waals surface area contributed by atoms with Gasteiger partial charge in [-0.05, 0) is 25.3 Å². The Balaban J connectivity index is 1.91. The van der Waals surface area contributed by atoms with Crippen LogP contribution in [0.4, 0.5) is 8.78 Å². The SMILES string of the molecule is Cc1ccc(CC(=O)C2CCC(F)(F)CC2)cc1. The van der Waals surface area contributed by atoms with Gasteiger partial charge in [0.15, 0.2) is 0 Å². The van der Waals surface area contributed by atoms with Gasteiger partial charge in [0.05, 0.1) is 0 Å². The Hall–Kier alpha value is -1.25. The summed E-state index contributed by atoms with van der Waals surface area (Å²) in [6.07, 6.45) is 0.751. The first-order valence-electron chi connectivity index (χ1n) is 6.42. The van der Waals surface area contributed by atoms with Gasteiger partial charge in [0, 0.05) is 25.2 Å². The minimum atomic E-state index is -2.55. The summed E-state index contributed by atoms with van der Waals surface area (Å²) in [5, 5.41) is 0. The number of carbonyl (C=O) groups is 1. The lowest BCUT2D eigenvalue weighted by atomic mass is 9.82. The zero-order chi connectivity index (χ0) is 13.2. The van der Waals surface area contributed by atoms with Crippen molar-refractivity contribution in [2.45, 2.75) is 45.0 Å². The summed E-state index contributed by atoms with van der Waals surface area (Å²) in [4.78, 5) is 12.0. The summed E-state index contributed by atoms with van der Waals surface area (Å²) in [6, 6.07) is 7.81. The lowest BCUT2D eigenvalue weighted by Crippen LogP contribution is -2.29. The van der Waals surface area contributed by atoms with E-state index in [1.807, 2.05) is 31.2 Å². The minimum Gasteiger partial charge on any atom is -0.299 e. The van der Waals surface area contributed by atoms with Gasteiger partial charge in [-0.1, -0.05) is 29.8 Å². The van der Waals surface area contributed by atoms with E-state index in [-0.39, 0.29) is 24.5 Å². The standard InChI is InChI=1S/C15H18F2O/c1-11-2-4-12(5-3-11)10-14(18)13-6-8-15(16,17)9-7-13/h2-5,13H,6-10H2,1H3. The Kier molecular flexibility index (Phi) is 3.79. The van der Waals surface area contributed by atoms with Gasteiger partial charge < -0.3 is 0 Å². The average Bonchev–Trinajstić information content (AvgIpc) is 2.32. The largest absolute Gasteiger partial charge is 0.299 e. The molecule has 1 saturated carbocycles. The van der Waals surface area contributed by atoms with Gasteiger partial charge >= 0.3 is 0 Å². The maximum atomic E-state index is 13.0. The fraction of sp³-hybridized carbons (Fsp3) is 0.533. The summed E-state index contributed by atoms with van der Waals surface area (Å²) in [7, 11) is 0. The van der Waals surface area contributed by atoms with Crippen molar-refractivity contribution in [3.05, 3.63) is 35.4 Å². The smallest absolute Gasteiger partial charge is 0.248 e. The van der Waals surface area contributed by atoms with E-state index >= 15 is 0 Å². The van der Waals surface area contributed by atoms with Gasteiger partial charge in [-0.3, -0.25) is 4.79 Å². The van der Waals surface area contributed by atoms with Crippen LogP contribution in [0.5, 0.6) is 0 Å². The highest BCUT2D eigenvalue weighted by Gasteiger charge is 2.37. The van der Waals surface area contributed by atoms with Crippen molar-refractivity contribution in [2.75, 3.05) is 0 Å². The normalized spacial score (nSPS) is 19.7. The number of hydrogen-bond donors (Lipinski definition) is 0. The number of aryl methyl sites for hydroxylation is 1. The van der Waals surface area contributed by atoms with Gasteiger partial charge in [-0.25, -0.2) is 8.78 Å². The van der Waals surface area contributed by atoms with E-state index in [1.165, 1.54) is 0 Å². The quantitative estimate of drug-likeness (QED) is 0.796. The number of halogens is 2. The molecule has 0 bridgehead atoms. The number of rotatable bonds is 3. The zero-order valence-corrected chi connectivity index (χ0v) is 10.6. The fourth-order valence-corrected chi connectivity index (χ4v) is 2.41. The highest BCUT2D eigenvalue weighted by molar-refractivity contribution is 5.83. The van der Waals surface area contributed by atoms with E-state index in [9.17, 15) is 13.6 Å². The first-order valence-corrected chi connectivity index (χ1v) is 6.42. The second kappa shape index (κ2) is 5.17. The van der Waals surface area contributed by atoms with Crippen molar-refractivity contribution in [3.63, 3.8) is 0 Å². The van der Waals surface area contributed by atoms with E-state index in [4.69, 9.17) is 0 Å². The summed E-state index contributed by atoms with van der Waals surface area (Å²) >= 11 is 0. The molecule has 0 unspecified atom stereocenters. The van der Waals surface area contributed by atoms with E-state index in [2.05, 4.69) is 0 Å². The molecule has 0 radical (unpaired) electrons. The summed E-state index contributed by atoms with van der Waals surface area (Å²) in [5.74, 6) is -2.62. The molecule has 0 amide bonds. The molecule has 1 aliphatic rings. The van der Waals surface area contributed by atoms with Gasteiger partial charge in [0.25, 0.3) is 0 Å². The topological polar surface area (TPSA) is 17.1 Å². The third kappa shape index (κ3) is 3.37. The molecule has 0 N–H and O–H groups in total. The molecule has 0 saturated heterocycles. The number of carbonyl (C=O) groups excluding carboxylic acids is 1. The van der Waals surface area contributed by atoms with Gasteiger partial charge in [-0.15, -0.1) is 0 Å². The third-order valence-corrected chi connectivity index (χ3v) is 3.67. The predicted molar refractivity (Wildman–Crippen MR) is 66.8 cm³/mol. The fourth-order valence-electron chi connectivity index (χ4n) is 2.41. The molecule has 3 heteroatoms. The number of hydrogen-bond acceptors (Lipinski definition) is 1. The van der Waals surface area contributed by atoms with Crippen LogP contribution in [0.25, 0.3) is 0 Å². The van der Waals surface area contributed by atoms with Gasteiger partial charge in [0.1, 0.15) is 5.78 Å². The zero-order valence-electron chi connectivity index (χ0n) is 10.6. The van der Waals surface area contributed by atoms with Crippen LogP contribution >= 0.6 is 0 Å². The van der Waals surface area contributed by atoms with E-state index in [0.717, 1.165) is 11.1 Å². The maximum absolute atomic E-state index is 13.0. The van der Waals surface area contributed by atoms with Crippen molar-refractivity contribution >= 4 is 5.78 Å². The first kappa shape index (κ1) is 13.2. The average molecular weight is 252 g/mol. The number of Topliss-reactive ketones (excluding diaryl/α,β-unsaturated/α-hetero) is 1. The van der Waals surface area contributed by atoms with Crippen LogP contribution in [-0.2, 0) is 11.2 Å². The highest BCUT2D eigenvalue weighted by atomic mass is 19.3. The molecule has 98 valence electrons. The first-order chi connectivity index (χ1) is 8.46.